The van der Waals surface area contributed by atoms with E-state index in [2.05, 4.69) is 0 Å². The lowest BCUT2D eigenvalue weighted by atomic mass is 10.2. The molecule has 2 rings (SSSR count). The second-order valence-electron chi connectivity index (χ2n) is 4.99. The second-order valence-corrected chi connectivity index (χ2v) is 4.99. The normalized spacial score (nSPS) is 15.7. The van der Waals surface area contributed by atoms with Gasteiger partial charge in [0.1, 0.15) is 0 Å². The molecule has 1 saturated heterocycles. The van der Waals surface area contributed by atoms with Crippen LogP contribution in [0.2, 0.25) is 0 Å². The van der Waals surface area contributed by atoms with E-state index in [0.29, 0.717) is 32.6 Å². The Hall–Kier alpha value is -1.78. The zero-order chi connectivity index (χ0) is 13.8. The van der Waals surface area contributed by atoms with Gasteiger partial charge in [-0.1, -0.05) is 6.92 Å². The Bertz CT molecular complexity index is 459. The highest BCUT2D eigenvalue weighted by Crippen LogP contribution is 2.10. The number of carbonyl (C=O) groups excluding carboxylic acids is 2. The number of hydrogen-bond acceptors (Lipinski definition) is 2. The van der Waals surface area contributed by atoms with Crippen LogP contribution in [0.25, 0.3) is 0 Å². The summed E-state index contributed by atoms with van der Waals surface area (Å²) in [4.78, 5) is 27.7. The van der Waals surface area contributed by atoms with Crippen LogP contribution < -0.4 is 0 Å². The second kappa shape index (κ2) is 5.91. The summed E-state index contributed by atoms with van der Waals surface area (Å²) in [5, 5.41) is 0. The van der Waals surface area contributed by atoms with Gasteiger partial charge in [-0.15, -0.1) is 0 Å². The summed E-state index contributed by atoms with van der Waals surface area (Å²) in [5.41, 5.74) is 0.718. The lowest BCUT2D eigenvalue weighted by Gasteiger charge is -2.34. The zero-order valence-corrected chi connectivity index (χ0v) is 11.6. The molecule has 0 bridgehead atoms. The first kappa shape index (κ1) is 13.6. The van der Waals surface area contributed by atoms with Gasteiger partial charge < -0.3 is 14.4 Å². The van der Waals surface area contributed by atoms with E-state index in [1.54, 1.807) is 0 Å². The van der Waals surface area contributed by atoms with Gasteiger partial charge in [-0.2, -0.15) is 0 Å². The Morgan fingerprint density at radius 2 is 1.79 bits per heavy atom. The van der Waals surface area contributed by atoms with Crippen LogP contribution in [-0.2, 0) is 11.8 Å². The van der Waals surface area contributed by atoms with Gasteiger partial charge in [0.2, 0.25) is 5.91 Å². The minimum absolute atomic E-state index is 0.0585. The summed E-state index contributed by atoms with van der Waals surface area (Å²) in [5.74, 6) is 0.262. The van der Waals surface area contributed by atoms with Crippen molar-refractivity contribution in [3.63, 3.8) is 0 Å². The Kier molecular flexibility index (Phi) is 4.24. The van der Waals surface area contributed by atoms with Crippen LogP contribution in [0.5, 0.6) is 0 Å². The Morgan fingerprint density at radius 1 is 1.16 bits per heavy atom. The SMILES string of the molecule is CCCC(=O)N1CCN(C(=O)c2ccn(C)c2)CC1. The summed E-state index contributed by atoms with van der Waals surface area (Å²) < 4.78 is 1.87. The fourth-order valence-corrected chi connectivity index (χ4v) is 2.34. The maximum atomic E-state index is 12.2. The first-order valence-corrected chi connectivity index (χ1v) is 6.81. The summed E-state index contributed by atoms with van der Waals surface area (Å²) in [7, 11) is 1.90. The van der Waals surface area contributed by atoms with E-state index < -0.39 is 0 Å². The maximum absolute atomic E-state index is 12.2. The minimum Gasteiger partial charge on any atom is -0.356 e. The van der Waals surface area contributed by atoms with Gasteiger partial charge in [0.15, 0.2) is 0 Å². The van der Waals surface area contributed by atoms with E-state index >= 15 is 0 Å². The van der Waals surface area contributed by atoms with Crippen molar-refractivity contribution in [2.45, 2.75) is 19.8 Å². The molecule has 2 heterocycles. The molecular formula is C14H21N3O2. The molecule has 0 spiro atoms. The van der Waals surface area contributed by atoms with Crippen molar-refractivity contribution in [2.24, 2.45) is 7.05 Å². The number of hydrogen-bond donors (Lipinski definition) is 0. The monoisotopic (exact) mass is 263 g/mol. The molecule has 0 aromatic carbocycles. The van der Waals surface area contributed by atoms with Crippen LogP contribution in [0, 0.1) is 0 Å². The van der Waals surface area contributed by atoms with Gasteiger partial charge in [0.05, 0.1) is 5.56 Å². The number of amides is 2. The highest BCUT2D eigenvalue weighted by atomic mass is 16.2. The molecule has 1 aromatic heterocycles. The fraction of sp³-hybridized carbons (Fsp3) is 0.571. The fourth-order valence-electron chi connectivity index (χ4n) is 2.34. The first-order valence-electron chi connectivity index (χ1n) is 6.81. The van der Waals surface area contributed by atoms with E-state index in [9.17, 15) is 9.59 Å². The van der Waals surface area contributed by atoms with Crippen molar-refractivity contribution in [1.29, 1.82) is 0 Å². The average Bonchev–Trinajstić information content (AvgIpc) is 2.85. The molecule has 1 aliphatic rings. The van der Waals surface area contributed by atoms with E-state index in [1.165, 1.54) is 0 Å². The number of rotatable bonds is 3. The number of piperazine rings is 1. The molecule has 0 N–H and O–H groups in total. The van der Waals surface area contributed by atoms with Gasteiger partial charge in [0, 0.05) is 52.0 Å². The summed E-state index contributed by atoms with van der Waals surface area (Å²) >= 11 is 0. The molecule has 5 heteroatoms. The van der Waals surface area contributed by atoms with Crippen molar-refractivity contribution in [1.82, 2.24) is 14.4 Å². The van der Waals surface area contributed by atoms with Crippen molar-refractivity contribution in [3.8, 4) is 0 Å². The molecule has 1 aromatic rings. The Morgan fingerprint density at radius 3 is 2.32 bits per heavy atom. The van der Waals surface area contributed by atoms with Crippen LogP contribution in [0.15, 0.2) is 18.5 Å². The predicted octanol–water partition coefficient (Wildman–Crippen LogP) is 1.11. The predicted molar refractivity (Wildman–Crippen MR) is 72.8 cm³/mol. The third-order valence-electron chi connectivity index (χ3n) is 3.46. The zero-order valence-electron chi connectivity index (χ0n) is 11.6. The van der Waals surface area contributed by atoms with Crippen molar-refractivity contribution >= 4 is 11.8 Å². The third kappa shape index (κ3) is 3.16. The molecule has 5 nitrogen and oxygen atoms in total. The average molecular weight is 263 g/mol. The third-order valence-corrected chi connectivity index (χ3v) is 3.46. The van der Waals surface area contributed by atoms with Gasteiger partial charge in [-0.3, -0.25) is 9.59 Å². The molecular weight excluding hydrogens is 242 g/mol. The lowest BCUT2D eigenvalue weighted by Crippen LogP contribution is -2.50. The van der Waals surface area contributed by atoms with Crippen LogP contribution in [0.1, 0.15) is 30.1 Å². The molecule has 2 amide bonds. The molecule has 0 atom stereocenters. The van der Waals surface area contributed by atoms with Crippen molar-refractivity contribution < 1.29 is 9.59 Å². The maximum Gasteiger partial charge on any atom is 0.255 e. The van der Waals surface area contributed by atoms with Crippen LogP contribution in [0.3, 0.4) is 0 Å². The van der Waals surface area contributed by atoms with Crippen LogP contribution in [-0.4, -0.2) is 52.4 Å². The van der Waals surface area contributed by atoms with E-state index in [0.717, 1.165) is 12.0 Å². The minimum atomic E-state index is 0.0585. The molecule has 1 fully saturated rings. The van der Waals surface area contributed by atoms with E-state index in [-0.39, 0.29) is 11.8 Å². The number of carbonyl (C=O) groups is 2. The molecule has 1 aliphatic heterocycles. The van der Waals surface area contributed by atoms with Gasteiger partial charge in [-0.05, 0) is 12.5 Å². The van der Waals surface area contributed by atoms with Gasteiger partial charge in [0.25, 0.3) is 5.91 Å². The highest BCUT2D eigenvalue weighted by Gasteiger charge is 2.24. The quantitative estimate of drug-likeness (QED) is 0.820. The molecule has 104 valence electrons. The smallest absolute Gasteiger partial charge is 0.255 e. The number of aromatic nitrogens is 1. The van der Waals surface area contributed by atoms with Crippen LogP contribution in [0.4, 0.5) is 0 Å². The standard InChI is InChI=1S/C14H21N3O2/c1-3-4-13(18)16-7-9-17(10-8-16)14(19)12-5-6-15(2)11-12/h5-6,11H,3-4,7-10H2,1-2H3. The van der Waals surface area contributed by atoms with Crippen molar-refractivity contribution in [2.75, 3.05) is 26.2 Å². The summed E-state index contributed by atoms with van der Waals surface area (Å²) in [6.45, 7) is 4.56. The van der Waals surface area contributed by atoms with E-state index in [1.807, 2.05) is 46.8 Å². The largest absolute Gasteiger partial charge is 0.356 e. The lowest BCUT2D eigenvalue weighted by molar-refractivity contribution is -0.132. The van der Waals surface area contributed by atoms with Gasteiger partial charge >= 0.3 is 0 Å². The Balaban J connectivity index is 1.89. The number of aryl methyl sites for hydroxylation is 1. The van der Waals surface area contributed by atoms with Crippen LogP contribution >= 0.6 is 0 Å². The topological polar surface area (TPSA) is 45.6 Å². The summed E-state index contributed by atoms with van der Waals surface area (Å²) in [6, 6.07) is 1.83. The molecule has 0 unspecified atom stereocenters. The number of nitrogens with zero attached hydrogens (tertiary/aromatic N) is 3. The highest BCUT2D eigenvalue weighted by molar-refractivity contribution is 5.94. The first-order chi connectivity index (χ1) is 9.11. The van der Waals surface area contributed by atoms with Gasteiger partial charge in [-0.25, -0.2) is 0 Å². The van der Waals surface area contributed by atoms with E-state index in [4.69, 9.17) is 0 Å². The molecule has 19 heavy (non-hydrogen) atoms. The summed E-state index contributed by atoms with van der Waals surface area (Å²) in [6.07, 6.45) is 5.18. The van der Waals surface area contributed by atoms with Crippen molar-refractivity contribution in [3.05, 3.63) is 24.0 Å². The Labute approximate surface area is 113 Å². The molecule has 0 aliphatic carbocycles. The molecule has 0 radical (unpaired) electrons. The molecule has 0 saturated carbocycles.